The Bertz CT molecular complexity index is 2430. The van der Waals surface area contributed by atoms with Crippen molar-refractivity contribution in [2.75, 3.05) is 85.1 Å². The van der Waals surface area contributed by atoms with Gasteiger partial charge in [-0.2, -0.15) is 5.06 Å². The Labute approximate surface area is 467 Å². The zero-order valence-corrected chi connectivity index (χ0v) is 44.6. The van der Waals surface area contributed by atoms with E-state index >= 15 is 0 Å². The molecule has 0 bridgehead atoms. The lowest BCUT2D eigenvalue weighted by Crippen LogP contribution is -2.58. The third kappa shape index (κ3) is 25.9. The molecule has 13 N–H and O–H groups in total. The maximum absolute atomic E-state index is 13.8. The molecular formula is C49H70N10O23. The van der Waals surface area contributed by atoms with E-state index in [0.29, 0.717) is 5.06 Å². The Morgan fingerprint density at radius 2 is 0.878 bits per heavy atom. The van der Waals surface area contributed by atoms with Crippen molar-refractivity contribution in [1.82, 2.24) is 51.2 Å². The minimum Gasteiger partial charge on any atom is -0.481 e. The van der Waals surface area contributed by atoms with E-state index in [-0.39, 0.29) is 128 Å². The van der Waals surface area contributed by atoms with Crippen molar-refractivity contribution in [2.24, 2.45) is 0 Å². The Balaban J connectivity index is 1.68. The average Bonchev–Trinajstić information content (AvgIpc) is 3.71. The molecule has 0 spiro atoms. The first kappa shape index (κ1) is 68.0. The number of nitrogens with zero attached hydrogens (tertiary/aromatic N) is 5. The van der Waals surface area contributed by atoms with Crippen molar-refractivity contribution >= 4 is 83.1 Å². The van der Waals surface area contributed by atoms with Crippen LogP contribution >= 0.6 is 0 Å². The molecule has 454 valence electrons. The van der Waals surface area contributed by atoms with Crippen LogP contribution < -0.4 is 26.6 Å². The van der Waals surface area contributed by atoms with Gasteiger partial charge in [0.2, 0.25) is 29.9 Å². The zero-order chi connectivity index (χ0) is 61.1. The van der Waals surface area contributed by atoms with Gasteiger partial charge < -0.3 is 67.4 Å². The number of carboxylic acid groups (broad SMARTS) is 7. The normalized spacial score (nSPS) is 16.9. The number of aliphatic carboxylic acids is 7. The van der Waals surface area contributed by atoms with Crippen molar-refractivity contribution in [1.29, 1.82) is 0 Å². The van der Waals surface area contributed by atoms with Gasteiger partial charge in [0.15, 0.2) is 0 Å². The molecule has 3 rings (SSSR count). The number of carbonyl (C=O) groups excluding carboxylic acids is 7. The van der Waals surface area contributed by atoms with Crippen LogP contribution in [0.25, 0.3) is 0 Å². The zero-order valence-electron chi connectivity index (χ0n) is 44.6. The second-order valence-electron chi connectivity index (χ2n) is 19.1. The number of hydrogen-bond acceptors (Lipinski definition) is 20. The summed E-state index contributed by atoms with van der Waals surface area (Å²) < 4.78 is 0. The number of imide groups is 1. The van der Waals surface area contributed by atoms with E-state index in [4.69, 9.17) is 4.84 Å². The van der Waals surface area contributed by atoms with Gasteiger partial charge in [0.05, 0.1) is 26.2 Å². The van der Waals surface area contributed by atoms with Gasteiger partial charge in [-0.05, 0) is 50.7 Å². The minimum absolute atomic E-state index is 0.00403. The fourth-order valence-electron chi connectivity index (χ4n) is 8.34. The van der Waals surface area contributed by atoms with Crippen LogP contribution in [-0.4, -0.2) is 258 Å². The molecular weight excluding hydrogens is 1100 g/mol. The summed E-state index contributed by atoms with van der Waals surface area (Å²) in [7, 11) is 0. The molecule has 0 saturated carbocycles. The largest absolute Gasteiger partial charge is 0.481 e. The number of carbonyl (C=O) groups is 14. The number of hydrogen-bond donors (Lipinski definition) is 13. The SMILES string of the molecule is O=C(O)CC[C@@H](NC(=O)c1cccc(C(O)ON2C(=O)CCC2=O)c1)C(=O)N[C@H](CCC(=O)O)C(=O)N[C@H](CCC(=O)O)C(=O)N[C@H](CCCCNC(=O)CN1CCN(CC(=O)O)CCN(CC(=O)O)CCN(CC(=O)O)CC1)C(=O)O. The molecule has 2 aliphatic rings. The number of unbranched alkanes of at least 4 members (excludes halogenated alkanes) is 1. The smallest absolute Gasteiger partial charge is 0.326 e. The van der Waals surface area contributed by atoms with Crippen molar-refractivity contribution in [2.45, 2.75) is 101 Å². The van der Waals surface area contributed by atoms with Crippen LogP contribution in [0.4, 0.5) is 0 Å². The molecule has 1 aromatic rings. The highest BCUT2D eigenvalue weighted by Gasteiger charge is 2.35. The van der Waals surface area contributed by atoms with E-state index in [1.165, 1.54) is 18.2 Å². The van der Waals surface area contributed by atoms with Gasteiger partial charge in [-0.3, -0.25) is 81.9 Å². The van der Waals surface area contributed by atoms with Gasteiger partial charge in [-0.25, -0.2) is 9.63 Å². The molecule has 0 aliphatic carbocycles. The Morgan fingerprint density at radius 3 is 1.27 bits per heavy atom. The predicted molar refractivity (Wildman–Crippen MR) is 274 cm³/mol. The van der Waals surface area contributed by atoms with Crippen LogP contribution in [0.15, 0.2) is 24.3 Å². The average molecular weight is 1170 g/mol. The summed E-state index contributed by atoms with van der Waals surface area (Å²) in [6.45, 7) is 0.0216. The maximum atomic E-state index is 13.8. The highest BCUT2D eigenvalue weighted by molar-refractivity contribution is 6.01. The van der Waals surface area contributed by atoms with Gasteiger partial charge in [0.25, 0.3) is 17.7 Å². The van der Waals surface area contributed by atoms with E-state index in [1.807, 2.05) is 0 Å². The molecule has 0 radical (unpaired) electrons. The van der Waals surface area contributed by atoms with E-state index in [0.717, 1.165) is 6.07 Å². The molecule has 82 heavy (non-hydrogen) atoms. The standard InChI is InChI=1S/C49H70N10O23/c60-35(25-55-16-18-56(26-41(69)70)20-22-58(28-43(73)74)23-21-57(19-17-55)27-42(71)72)50-15-2-1-6-34(48(79)80)54-47(78)33(9-14-40(67)68)53-46(77)32(8-13-39(65)66)52-45(76)31(7-12-38(63)64)51-44(75)29-4-3-5-30(24-29)49(81)82-59-36(61)10-11-37(59)62/h3-5,24,31-34,49,81H,1-2,6-23,25-28H2,(H,50,60)(H,51,75)(H,52,76)(H,53,77)(H,54,78)(H,63,64)(H,65,66)(H,67,68)(H,69,70)(H,71,72)(H,73,74)(H,79,80)/t31-,32-,33-,34-,49?/m1/s1. The summed E-state index contributed by atoms with van der Waals surface area (Å²) in [6.07, 6.45) is -6.52. The van der Waals surface area contributed by atoms with Crippen molar-refractivity contribution in [3.63, 3.8) is 0 Å². The number of benzene rings is 1. The molecule has 2 heterocycles. The Kier molecular flexibility index (Phi) is 28.9. The summed E-state index contributed by atoms with van der Waals surface area (Å²) in [5, 5.41) is 89.3. The first-order valence-electron chi connectivity index (χ1n) is 25.9. The lowest BCUT2D eigenvalue weighted by atomic mass is 10.0. The first-order chi connectivity index (χ1) is 38.7. The minimum atomic E-state index is -1.93. The van der Waals surface area contributed by atoms with Crippen LogP contribution in [-0.2, 0) is 67.2 Å². The molecule has 2 saturated heterocycles. The molecule has 33 nitrogen and oxygen atoms in total. The third-order valence-electron chi connectivity index (χ3n) is 12.7. The molecule has 1 aromatic carbocycles. The summed E-state index contributed by atoms with van der Waals surface area (Å²) in [5.74, 6) is -15.9. The number of nitrogens with one attached hydrogen (secondary N) is 5. The Morgan fingerprint density at radius 1 is 0.488 bits per heavy atom. The number of aliphatic hydroxyl groups excluding tert-OH is 1. The second kappa shape index (κ2) is 34.8. The summed E-state index contributed by atoms with van der Waals surface area (Å²) in [4.78, 5) is 185. The van der Waals surface area contributed by atoms with Crippen molar-refractivity contribution in [3.05, 3.63) is 35.4 Å². The predicted octanol–water partition coefficient (Wildman–Crippen LogP) is -4.25. The monoisotopic (exact) mass is 1170 g/mol. The highest BCUT2D eigenvalue weighted by Crippen LogP contribution is 2.22. The van der Waals surface area contributed by atoms with Gasteiger partial charge in [-0.15, -0.1) is 0 Å². The molecule has 33 heteroatoms. The van der Waals surface area contributed by atoms with Crippen LogP contribution in [0.3, 0.4) is 0 Å². The highest BCUT2D eigenvalue weighted by atomic mass is 16.8. The van der Waals surface area contributed by atoms with E-state index < -0.39 is 152 Å². The summed E-state index contributed by atoms with van der Waals surface area (Å²) >= 11 is 0. The van der Waals surface area contributed by atoms with Crippen molar-refractivity contribution in [3.8, 4) is 0 Å². The van der Waals surface area contributed by atoms with Gasteiger partial charge in [0, 0.05) is 102 Å². The molecule has 1 unspecified atom stereocenters. The molecule has 5 atom stereocenters. The maximum Gasteiger partial charge on any atom is 0.326 e. The first-order valence-corrected chi connectivity index (χ1v) is 25.9. The molecule has 0 aromatic heterocycles. The molecule has 2 aliphatic heterocycles. The van der Waals surface area contributed by atoms with Gasteiger partial charge in [0.1, 0.15) is 24.2 Å². The Hall–Kier alpha value is -8.24. The lowest BCUT2D eigenvalue weighted by molar-refractivity contribution is -0.247. The number of carboxylic acids is 7. The van der Waals surface area contributed by atoms with Crippen molar-refractivity contribution < 1.29 is 113 Å². The number of rotatable bonds is 34. The number of aliphatic hydroxyl groups is 1. The van der Waals surface area contributed by atoms with E-state index in [2.05, 4.69) is 26.6 Å². The fraction of sp³-hybridized carbons (Fsp3) is 0.592. The number of amides is 7. The van der Waals surface area contributed by atoms with Crippen LogP contribution in [0.2, 0.25) is 0 Å². The number of hydroxylamine groups is 2. The van der Waals surface area contributed by atoms with E-state index in [1.54, 1.807) is 19.6 Å². The topological polar surface area (TPSA) is 486 Å². The molecule has 2 fully saturated rings. The van der Waals surface area contributed by atoms with Crippen LogP contribution in [0.1, 0.15) is 92.8 Å². The quantitative estimate of drug-likeness (QED) is 0.0177. The van der Waals surface area contributed by atoms with Gasteiger partial charge in [-0.1, -0.05) is 12.1 Å². The third-order valence-corrected chi connectivity index (χ3v) is 12.7. The van der Waals surface area contributed by atoms with E-state index in [9.17, 15) is 108 Å². The summed E-state index contributed by atoms with van der Waals surface area (Å²) in [5.41, 5.74) is -0.383. The second-order valence-corrected chi connectivity index (χ2v) is 19.1. The fourth-order valence-corrected chi connectivity index (χ4v) is 8.34. The van der Waals surface area contributed by atoms with Crippen LogP contribution in [0.5, 0.6) is 0 Å². The lowest BCUT2D eigenvalue weighted by Gasteiger charge is -2.32. The van der Waals surface area contributed by atoms with Gasteiger partial charge >= 0.3 is 41.8 Å². The van der Waals surface area contributed by atoms with Crippen LogP contribution in [0, 0.1) is 0 Å². The molecule has 7 amide bonds. The summed E-state index contributed by atoms with van der Waals surface area (Å²) in [6, 6.07) is -2.26.